The molecule has 7 aliphatic rings. The Morgan fingerprint density at radius 3 is 2.19 bits per heavy atom. The molecule has 20 heteroatoms. The van der Waals surface area contributed by atoms with Gasteiger partial charge in [-0.25, -0.2) is 4.39 Å². The maximum absolute atomic E-state index is 17.8. The highest BCUT2D eigenvalue weighted by Crippen LogP contribution is 2.70. The first kappa shape index (κ1) is 70.5. The molecule has 3 heterocycles. The Morgan fingerprint density at radius 1 is 0.884 bits per heavy atom. The first-order valence-corrected chi connectivity index (χ1v) is 32.3. The van der Waals surface area contributed by atoms with Crippen LogP contribution < -0.4 is 5.32 Å². The van der Waals surface area contributed by atoms with Crippen LogP contribution in [0, 0.1) is 52.3 Å². The number of alkyl halides is 1. The number of nitrogens with one attached hydrogen (secondary N) is 1. The van der Waals surface area contributed by atoms with E-state index < -0.39 is 136 Å². The van der Waals surface area contributed by atoms with Crippen molar-refractivity contribution in [3.63, 3.8) is 0 Å². The second-order valence-electron chi connectivity index (χ2n) is 28.7. The summed E-state index contributed by atoms with van der Waals surface area (Å²) in [6, 6.07) is -1.25. The van der Waals surface area contributed by atoms with Gasteiger partial charge in [0.2, 0.25) is 11.8 Å². The van der Waals surface area contributed by atoms with Gasteiger partial charge in [-0.2, -0.15) is 0 Å². The molecule has 19 nitrogen and oxygen atoms in total. The number of hydrogen-bond acceptors (Lipinski definition) is 17. The van der Waals surface area contributed by atoms with E-state index in [1.165, 1.54) is 38.2 Å². The molecule has 4 unspecified atom stereocenters. The van der Waals surface area contributed by atoms with Gasteiger partial charge in [-0.15, -0.1) is 0 Å². The first-order chi connectivity index (χ1) is 40.0. The van der Waals surface area contributed by atoms with Gasteiger partial charge in [-0.3, -0.25) is 19.2 Å². The molecule has 0 aromatic rings. The number of ketones is 1. The molecule has 26 atom stereocenters. The number of fused-ring (bicyclic) bond motifs is 5. The molecule has 0 radical (unpaired) electrons. The van der Waals surface area contributed by atoms with E-state index in [0.717, 1.165) is 5.57 Å². The molecule has 7 rings (SSSR count). The maximum atomic E-state index is 17.8. The van der Waals surface area contributed by atoms with Crippen LogP contribution in [0.25, 0.3) is 0 Å². The van der Waals surface area contributed by atoms with Gasteiger partial charge in [0, 0.05) is 69.4 Å². The van der Waals surface area contributed by atoms with Crippen LogP contribution in [0.1, 0.15) is 174 Å². The van der Waals surface area contributed by atoms with Crippen molar-refractivity contribution in [2.75, 3.05) is 41.4 Å². The normalized spacial score (nSPS) is 47.9. The fourth-order valence-electron chi connectivity index (χ4n) is 17.5. The van der Waals surface area contributed by atoms with Crippen molar-refractivity contribution in [3.05, 3.63) is 23.8 Å². The highest BCUT2D eigenvalue weighted by atomic mass is 19.1. The summed E-state index contributed by atoms with van der Waals surface area (Å²) in [5.74, 6) is -5.12. The number of cyclic esters (lactones) is 1. The zero-order chi connectivity index (χ0) is 64.2. The van der Waals surface area contributed by atoms with Gasteiger partial charge in [-0.05, 0) is 156 Å². The Hall–Kier alpha value is -2.99. The van der Waals surface area contributed by atoms with Crippen LogP contribution in [0.3, 0.4) is 0 Å². The molecular formula is C66H110FN3O16. The maximum Gasteiger partial charge on any atom is 0.311 e. The number of esters is 1. The van der Waals surface area contributed by atoms with Gasteiger partial charge < -0.3 is 73.8 Å². The molecule has 6 fully saturated rings. The Kier molecular flexibility index (Phi) is 21.9. The van der Waals surface area contributed by atoms with E-state index in [2.05, 4.69) is 12.2 Å². The molecule has 0 aromatic carbocycles. The van der Waals surface area contributed by atoms with Crippen LogP contribution in [-0.2, 0) is 52.3 Å². The third-order valence-corrected chi connectivity index (χ3v) is 23.4. The molecular weight excluding hydrogens is 1110 g/mol. The number of aliphatic hydroxyl groups excluding tert-OH is 3. The first-order valence-electron chi connectivity index (χ1n) is 32.3. The van der Waals surface area contributed by atoms with E-state index in [1.54, 1.807) is 61.6 Å². The van der Waals surface area contributed by atoms with E-state index in [-0.39, 0.29) is 73.7 Å². The zero-order valence-corrected chi connectivity index (χ0v) is 55.1. The molecule has 492 valence electrons. The number of amides is 2. The number of likely N-dealkylation sites (N-methyl/N-ethyl adjacent to an activating group) is 2. The van der Waals surface area contributed by atoms with Crippen LogP contribution >= 0.6 is 0 Å². The number of halogens is 1. The number of rotatable bonds is 16. The van der Waals surface area contributed by atoms with Crippen molar-refractivity contribution in [2.24, 2.45) is 52.3 Å². The van der Waals surface area contributed by atoms with E-state index >= 15 is 4.39 Å². The highest BCUT2D eigenvalue weighted by molar-refractivity contribution is 6.01. The van der Waals surface area contributed by atoms with Crippen LogP contribution in [0.5, 0.6) is 0 Å². The molecule has 3 aliphatic heterocycles. The fourth-order valence-corrected chi connectivity index (χ4v) is 17.5. The number of methoxy groups -OCH3 is 2. The number of nitrogens with zero attached hydrogens (tertiary/aromatic N) is 2. The van der Waals surface area contributed by atoms with Gasteiger partial charge in [0.1, 0.15) is 35.1 Å². The van der Waals surface area contributed by atoms with Gasteiger partial charge in [0.05, 0.1) is 48.1 Å². The van der Waals surface area contributed by atoms with Crippen LogP contribution in [-0.4, -0.2) is 202 Å². The minimum absolute atomic E-state index is 0.00555. The number of carbonyl (C=O) groups excluding carboxylic acids is 4. The second kappa shape index (κ2) is 26.7. The molecule has 0 spiro atoms. The summed E-state index contributed by atoms with van der Waals surface area (Å²) in [5, 5.41) is 63.7. The third-order valence-electron chi connectivity index (χ3n) is 23.4. The van der Waals surface area contributed by atoms with Crippen molar-refractivity contribution in [2.45, 2.75) is 276 Å². The topological polar surface area (TPSA) is 253 Å². The zero-order valence-electron chi connectivity index (χ0n) is 55.1. The standard InChI is InChI=1S/C66H110FN3O16/c1-19-49-64(14,78)54(74)41(8)70(16)57(76)37(4)33-62(12,80-17)55(86-59-52(73)47(69(15)20-2)31-38(5)82-59)39(6)53(40(7)58(77)84-49)85-50-35-63(13,81-18)65(79,42(9)83-50)27-22-21-23-29-68-56(75)51-36(3)30-46-45-25-24-43-32-44(71)26-28-61(43,11)66(45,67)48(72)34-60(46,51)10/h26,28,32,36-42,45-55,59,72-74,78-79H,19-25,27,29-31,33-35H2,1-18H3,(H,68,75)/t36-,37-,38-,39+,40-,41-,42+,45?,46?,47+,48+,49-,50?,51-,52-,53+,54-,55-,59?,60+,61+,62-,63-,64-,65+,66+/m1/s1. The van der Waals surface area contributed by atoms with Crippen LogP contribution in [0.2, 0.25) is 0 Å². The Morgan fingerprint density at radius 2 is 1.56 bits per heavy atom. The third kappa shape index (κ3) is 12.6. The Bertz CT molecular complexity index is 2470. The quantitative estimate of drug-likeness (QED) is 0.0690. The highest BCUT2D eigenvalue weighted by Gasteiger charge is 2.72. The molecule has 6 N–H and O–H groups in total. The van der Waals surface area contributed by atoms with Crippen LogP contribution in [0.4, 0.5) is 4.39 Å². The average molecular weight is 1220 g/mol. The van der Waals surface area contributed by atoms with Gasteiger partial charge in [0.25, 0.3) is 0 Å². The number of unbranched alkanes of at least 4 members (excludes halogenated alkanes) is 2. The average Bonchev–Trinajstić information content (AvgIpc) is 1.26. The smallest absolute Gasteiger partial charge is 0.311 e. The summed E-state index contributed by atoms with van der Waals surface area (Å²) < 4.78 is 63.8. The lowest BCUT2D eigenvalue weighted by Gasteiger charge is -2.61. The van der Waals surface area contributed by atoms with E-state index in [1.807, 2.05) is 46.6 Å². The molecule has 0 aromatic heterocycles. The monoisotopic (exact) mass is 1220 g/mol. The molecule has 86 heavy (non-hydrogen) atoms. The van der Waals surface area contributed by atoms with Gasteiger partial charge >= 0.3 is 5.97 Å². The summed E-state index contributed by atoms with van der Waals surface area (Å²) in [5.41, 5.74) is -9.13. The van der Waals surface area contributed by atoms with E-state index in [4.69, 9.17) is 33.2 Å². The SMILES string of the molecule is CC[C@H]1OC(=O)[C@H](C)[C@@H](OC2C[C@@](C)(OC)[C@](O)(CCCCCNC(=O)[C@H]3[C@H](C)CC4C5CCC6=CC(=O)C=C[C@]6(C)[C@@]5(F)[C@@H](O)C[C@@]43C)[C@H](C)O2)[C@H](C)[C@@H](OC2O[C@H](C)C[C@H](N(C)CC)[C@H]2O)[C@](C)(OC)C[C@@H](C)C(=O)N(C)[C@H](C)[C@@H](O)[C@]1(C)O. The lowest BCUT2D eigenvalue weighted by atomic mass is 9.45. The van der Waals surface area contributed by atoms with Crippen molar-refractivity contribution < 1.29 is 82.3 Å². The summed E-state index contributed by atoms with van der Waals surface area (Å²) in [6.07, 6.45) is -1.62. The van der Waals surface area contributed by atoms with Crippen LogP contribution in [0.15, 0.2) is 23.8 Å². The van der Waals surface area contributed by atoms with E-state index in [9.17, 15) is 44.7 Å². The molecule has 3 saturated heterocycles. The predicted molar refractivity (Wildman–Crippen MR) is 321 cm³/mol. The molecule has 3 saturated carbocycles. The number of allylic oxidation sites excluding steroid dienone is 4. The van der Waals surface area contributed by atoms with E-state index in [0.29, 0.717) is 58.0 Å². The van der Waals surface area contributed by atoms with Gasteiger partial charge in [-0.1, -0.05) is 66.0 Å². The second-order valence-corrected chi connectivity index (χ2v) is 28.7. The Balaban J connectivity index is 1.08. The lowest BCUT2D eigenvalue weighted by Crippen LogP contribution is -2.67. The molecule has 0 bridgehead atoms. The van der Waals surface area contributed by atoms with Gasteiger partial charge in [0.15, 0.2) is 24.0 Å². The number of aliphatic hydroxyl groups is 5. The summed E-state index contributed by atoms with van der Waals surface area (Å²) in [4.78, 5) is 59.3. The Labute approximate surface area is 512 Å². The number of carbonyl (C=O) groups is 4. The minimum Gasteiger partial charge on any atom is -0.459 e. The molecule has 4 aliphatic carbocycles. The number of hydrogen-bond donors (Lipinski definition) is 6. The molecule has 2 amide bonds. The summed E-state index contributed by atoms with van der Waals surface area (Å²) in [6.45, 7) is 26.2. The number of ether oxygens (including phenoxy) is 7. The van der Waals surface area contributed by atoms with Crippen molar-refractivity contribution >= 4 is 23.6 Å². The summed E-state index contributed by atoms with van der Waals surface area (Å²) in [7, 11) is 6.52. The minimum atomic E-state index is -2.01. The summed E-state index contributed by atoms with van der Waals surface area (Å²) >= 11 is 0. The largest absolute Gasteiger partial charge is 0.459 e. The lowest BCUT2D eigenvalue weighted by molar-refractivity contribution is -0.339. The van der Waals surface area contributed by atoms with Crippen molar-refractivity contribution in [1.82, 2.24) is 15.1 Å². The van der Waals surface area contributed by atoms with Crippen molar-refractivity contribution in [3.8, 4) is 0 Å². The van der Waals surface area contributed by atoms with Crippen molar-refractivity contribution in [1.29, 1.82) is 0 Å². The fraction of sp³-hybridized carbons (Fsp3) is 0.879. The predicted octanol–water partition coefficient (Wildman–Crippen LogP) is 6.75.